The Kier molecular flexibility index (Phi) is 7.54. The lowest BCUT2D eigenvalue weighted by molar-refractivity contribution is -0.870. The van der Waals surface area contributed by atoms with E-state index in [1.807, 2.05) is 21.1 Å². The number of Topliss-reactive ketones (excluding diaryl/α,β-unsaturated/α-hetero) is 1. The summed E-state index contributed by atoms with van der Waals surface area (Å²) in [5.74, 6) is -0.793. The maximum atomic E-state index is 11.6. The van der Waals surface area contributed by atoms with E-state index in [2.05, 4.69) is 5.32 Å². The monoisotopic (exact) mass is 311 g/mol. The number of phosphoric ester groups is 1. The molecule has 2 N–H and O–H groups in total. The molecule has 0 aliphatic heterocycles. The Morgan fingerprint density at radius 1 is 1.25 bits per heavy atom. The van der Waals surface area contributed by atoms with E-state index >= 15 is 0 Å². The fourth-order valence-electron chi connectivity index (χ4n) is 1.14. The smallest absolute Gasteiger partial charge is 0.344 e. The number of rotatable bonds is 9. The molecule has 1 unspecified atom stereocenters. The number of carbonyl (C=O) groups is 2. The van der Waals surface area contributed by atoms with Crippen LogP contribution >= 0.6 is 7.82 Å². The third-order valence-corrected chi connectivity index (χ3v) is 3.27. The van der Waals surface area contributed by atoms with Gasteiger partial charge in [0.25, 0.3) is 0 Å². The Labute approximate surface area is 119 Å². The largest absolute Gasteiger partial charge is 0.472 e. The van der Waals surface area contributed by atoms with Crippen LogP contribution in [0.2, 0.25) is 0 Å². The highest BCUT2D eigenvalue weighted by Crippen LogP contribution is 2.43. The number of nitrogens with zero attached hydrogens (tertiary/aromatic N) is 1. The molecule has 0 bridgehead atoms. The van der Waals surface area contributed by atoms with Gasteiger partial charge in [0.1, 0.15) is 19.2 Å². The van der Waals surface area contributed by atoms with Crippen LogP contribution in [0.25, 0.3) is 0 Å². The van der Waals surface area contributed by atoms with E-state index in [-0.39, 0.29) is 12.4 Å². The van der Waals surface area contributed by atoms with E-state index in [0.29, 0.717) is 11.0 Å². The van der Waals surface area contributed by atoms with E-state index < -0.39 is 26.4 Å². The molecule has 0 aromatic heterocycles. The lowest BCUT2D eigenvalue weighted by atomic mass is 10.2. The molecule has 118 valence electrons. The summed E-state index contributed by atoms with van der Waals surface area (Å²) in [5.41, 5.74) is 0. The molecule has 0 aliphatic rings. The highest BCUT2D eigenvalue weighted by Gasteiger charge is 2.26. The van der Waals surface area contributed by atoms with E-state index in [1.54, 1.807) is 0 Å². The lowest BCUT2D eigenvalue weighted by Gasteiger charge is -2.24. The summed E-state index contributed by atoms with van der Waals surface area (Å²) < 4.78 is 21.7. The van der Waals surface area contributed by atoms with Crippen LogP contribution in [0.4, 0.5) is 0 Å². The second-order valence-electron chi connectivity index (χ2n) is 5.48. The van der Waals surface area contributed by atoms with Crippen molar-refractivity contribution < 1.29 is 32.6 Å². The number of likely N-dealkylation sites (N-methyl/N-ethyl adjacent to an activating group) is 1. The Hall–Kier alpha value is -0.790. The summed E-state index contributed by atoms with van der Waals surface area (Å²) in [5, 5.41) is 2.33. The van der Waals surface area contributed by atoms with Crippen molar-refractivity contribution >= 4 is 19.5 Å². The Bertz CT molecular complexity index is 393. The molecule has 0 heterocycles. The van der Waals surface area contributed by atoms with Gasteiger partial charge in [-0.15, -0.1) is 0 Å². The summed E-state index contributed by atoms with van der Waals surface area (Å²) >= 11 is 0. The third kappa shape index (κ3) is 10.1. The van der Waals surface area contributed by atoms with Crippen LogP contribution in [0.15, 0.2) is 0 Å². The summed E-state index contributed by atoms with van der Waals surface area (Å²) in [6, 6.07) is -0.963. The molecule has 0 saturated heterocycles. The third-order valence-electron chi connectivity index (χ3n) is 2.29. The molecular formula is C11H24N2O6P+. The molecule has 0 spiro atoms. The molecule has 0 radical (unpaired) electrons. The molecule has 0 aromatic carbocycles. The Balaban J connectivity index is 4.28. The fourth-order valence-corrected chi connectivity index (χ4v) is 1.87. The van der Waals surface area contributed by atoms with Gasteiger partial charge in [-0.1, -0.05) is 0 Å². The zero-order chi connectivity index (χ0) is 16.0. The fraction of sp³-hybridized carbons (Fsp3) is 0.818. The molecule has 20 heavy (non-hydrogen) atoms. The van der Waals surface area contributed by atoms with Gasteiger partial charge in [-0.3, -0.25) is 18.6 Å². The molecule has 0 fully saturated rings. The maximum absolute atomic E-state index is 11.6. The quantitative estimate of drug-likeness (QED) is 0.456. The molecule has 1 amide bonds. The maximum Gasteiger partial charge on any atom is 0.472 e. The Morgan fingerprint density at radius 3 is 2.20 bits per heavy atom. The number of hydrogen-bond donors (Lipinski definition) is 2. The second kappa shape index (κ2) is 7.85. The summed E-state index contributed by atoms with van der Waals surface area (Å²) in [7, 11) is 1.51. The Morgan fingerprint density at radius 2 is 1.80 bits per heavy atom. The minimum atomic E-state index is -4.23. The zero-order valence-electron chi connectivity index (χ0n) is 12.6. The number of amides is 1. The first kappa shape index (κ1) is 19.2. The van der Waals surface area contributed by atoms with Crippen LogP contribution in [0.1, 0.15) is 13.8 Å². The van der Waals surface area contributed by atoms with Gasteiger partial charge in [0, 0.05) is 6.92 Å². The minimum Gasteiger partial charge on any atom is -0.344 e. The SMILES string of the molecule is CC(=O)N[C@@H](COP(=O)(O)OCC[N+](C)(C)C)C(C)=O. The molecule has 2 atom stereocenters. The lowest BCUT2D eigenvalue weighted by Crippen LogP contribution is -2.41. The summed E-state index contributed by atoms with van der Waals surface area (Å²) in [4.78, 5) is 31.6. The van der Waals surface area contributed by atoms with Crippen LogP contribution in [-0.2, 0) is 23.2 Å². The van der Waals surface area contributed by atoms with Crippen LogP contribution in [0.3, 0.4) is 0 Å². The number of carbonyl (C=O) groups excluding carboxylic acids is 2. The van der Waals surface area contributed by atoms with Crippen molar-refractivity contribution in [1.82, 2.24) is 5.32 Å². The number of nitrogens with one attached hydrogen (secondary N) is 1. The van der Waals surface area contributed by atoms with E-state index in [0.717, 1.165) is 0 Å². The van der Waals surface area contributed by atoms with Gasteiger partial charge < -0.3 is 14.7 Å². The van der Waals surface area contributed by atoms with Gasteiger partial charge >= 0.3 is 7.82 Å². The molecule has 8 nitrogen and oxygen atoms in total. The first-order chi connectivity index (χ1) is 8.93. The van der Waals surface area contributed by atoms with Crippen molar-refractivity contribution in [3.8, 4) is 0 Å². The van der Waals surface area contributed by atoms with Gasteiger partial charge in [0.15, 0.2) is 5.78 Å². The highest BCUT2D eigenvalue weighted by molar-refractivity contribution is 7.47. The topological polar surface area (TPSA) is 102 Å². The van der Waals surface area contributed by atoms with E-state index in [4.69, 9.17) is 9.05 Å². The van der Waals surface area contributed by atoms with Crippen LogP contribution in [0.5, 0.6) is 0 Å². The average Bonchev–Trinajstić information content (AvgIpc) is 2.21. The molecule has 0 aromatic rings. The van der Waals surface area contributed by atoms with Crippen molar-refractivity contribution in [2.75, 3.05) is 40.9 Å². The van der Waals surface area contributed by atoms with Crippen molar-refractivity contribution in [1.29, 1.82) is 0 Å². The van der Waals surface area contributed by atoms with Gasteiger partial charge in [0.2, 0.25) is 5.91 Å². The molecule has 0 aliphatic carbocycles. The van der Waals surface area contributed by atoms with Gasteiger partial charge in [-0.05, 0) is 6.92 Å². The first-order valence-corrected chi connectivity index (χ1v) is 7.62. The number of phosphoric acid groups is 1. The van der Waals surface area contributed by atoms with Gasteiger partial charge in [-0.2, -0.15) is 0 Å². The molecule has 0 saturated carbocycles. The first-order valence-electron chi connectivity index (χ1n) is 6.13. The molecular weight excluding hydrogens is 287 g/mol. The zero-order valence-corrected chi connectivity index (χ0v) is 13.5. The minimum absolute atomic E-state index is 0.0438. The highest BCUT2D eigenvalue weighted by atomic mass is 31.2. The predicted octanol–water partition coefficient (Wildman–Crippen LogP) is -0.0801. The van der Waals surface area contributed by atoms with Gasteiger partial charge in [0.05, 0.1) is 27.7 Å². The van der Waals surface area contributed by atoms with E-state index in [1.165, 1.54) is 13.8 Å². The van der Waals surface area contributed by atoms with Crippen molar-refractivity contribution in [2.24, 2.45) is 0 Å². The summed E-state index contributed by atoms with van der Waals surface area (Å²) in [6.07, 6.45) is 0. The second-order valence-corrected chi connectivity index (χ2v) is 6.93. The normalized spacial score (nSPS) is 16.3. The van der Waals surface area contributed by atoms with E-state index in [9.17, 15) is 19.0 Å². The number of quaternary nitrogens is 1. The predicted molar refractivity (Wildman–Crippen MR) is 72.9 cm³/mol. The molecule has 9 heteroatoms. The van der Waals surface area contributed by atoms with Crippen LogP contribution in [-0.4, -0.2) is 68.0 Å². The summed E-state index contributed by atoms with van der Waals surface area (Å²) in [6.45, 7) is 2.65. The standard InChI is InChI=1S/C11H23N2O6P/c1-9(14)11(12-10(2)15)8-19-20(16,17)18-7-6-13(3,4)5/h11H,6-8H2,1-5H3,(H-,12,15,16,17)/p+1/t11-/m0/s1. The van der Waals surface area contributed by atoms with Crippen LogP contribution in [0, 0.1) is 0 Å². The van der Waals surface area contributed by atoms with Crippen molar-refractivity contribution in [2.45, 2.75) is 19.9 Å². The van der Waals surface area contributed by atoms with Gasteiger partial charge in [-0.25, -0.2) is 4.57 Å². The number of hydrogen-bond acceptors (Lipinski definition) is 5. The molecule has 0 rings (SSSR count). The average molecular weight is 311 g/mol. The van der Waals surface area contributed by atoms with Crippen molar-refractivity contribution in [3.63, 3.8) is 0 Å². The van der Waals surface area contributed by atoms with Crippen LogP contribution < -0.4 is 5.32 Å². The number of ketones is 1. The van der Waals surface area contributed by atoms with Crippen molar-refractivity contribution in [3.05, 3.63) is 0 Å².